The van der Waals surface area contributed by atoms with E-state index >= 15 is 0 Å². The van der Waals surface area contributed by atoms with E-state index in [4.69, 9.17) is 19.3 Å². The van der Waals surface area contributed by atoms with Crippen molar-refractivity contribution in [2.45, 2.75) is 73.8 Å². The monoisotopic (exact) mass is 466 g/mol. The van der Waals surface area contributed by atoms with Crippen LogP contribution in [0.2, 0.25) is 0 Å². The number of hydrogen-bond acceptors (Lipinski definition) is 7. The van der Waals surface area contributed by atoms with Gasteiger partial charge in [-0.2, -0.15) is 0 Å². The van der Waals surface area contributed by atoms with Crippen LogP contribution in [0, 0.1) is 10.8 Å². The molecule has 186 valence electrons. The standard InChI is InChI=1S/C13H18O2.C12H20O6/c1-4-13(2,3)12(14)15-10-11-8-6-5-7-9-11;1-4-12(2,3)11(16)18-8-7-17-10(15)6-5-9(13)14/h5-9H,4,10H2,1-3H3;4-8H2,1-3H3,(H,13,14). The number of carboxylic acid groups (broad SMARTS) is 1. The average Bonchev–Trinajstić information content (AvgIpc) is 2.79. The molecule has 1 aromatic rings. The van der Waals surface area contributed by atoms with Crippen LogP contribution in [0.4, 0.5) is 0 Å². The Kier molecular flexibility index (Phi) is 13.7. The quantitative estimate of drug-likeness (QED) is 0.271. The summed E-state index contributed by atoms with van der Waals surface area (Å²) in [5, 5.41) is 8.35. The predicted octanol–water partition coefficient (Wildman–Crippen LogP) is 4.54. The number of aliphatic carboxylic acids is 1. The maximum Gasteiger partial charge on any atom is 0.311 e. The smallest absolute Gasteiger partial charge is 0.311 e. The predicted molar refractivity (Wildman–Crippen MR) is 123 cm³/mol. The first-order chi connectivity index (χ1) is 15.4. The van der Waals surface area contributed by atoms with Crippen LogP contribution in [0.1, 0.15) is 72.8 Å². The highest BCUT2D eigenvalue weighted by Crippen LogP contribution is 2.22. The number of carbonyl (C=O) groups excluding carboxylic acids is 3. The van der Waals surface area contributed by atoms with E-state index in [1.54, 1.807) is 13.8 Å². The maximum atomic E-state index is 11.6. The Morgan fingerprint density at radius 2 is 1.24 bits per heavy atom. The summed E-state index contributed by atoms with van der Waals surface area (Å²) in [5.74, 6) is -2.13. The molecule has 8 heteroatoms. The molecule has 1 rings (SSSR count). The second-order valence-corrected chi connectivity index (χ2v) is 8.79. The van der Waals surface area contributed by atoms with Crippen LogP contribution >= 0.6 is 0 Å². The van der Waals surface area contributed by atoms with Gasteiger partial charge in [0.1, 0.15) is 19.8 Å². The van der Waals surface area contributed by atoms with Crippen molar-refractivity contribution in [2.75, 3.05) is 13.2 Å². The van der Waals surface area contributed by atoms with Crippen LogP contribution in [-0.2, 0) is 40.0 Å². The van der Waals surface area contributed by atoms with E-state index in [-0.39, 0.29) is 43.4 Å². The number of benzene rings is 1. The fourth-order valence-electron chi connectivity index (χ4n) is 1.97. The molecule has 0 aliphatic carbocycles. The maximum absolute atomic E-state index is 11.6. The van der Waals surface area contributed by atoms with E-state index in [9.17, 15) is 19.2 Å². The molecule has 0 fully saturated rings. The molecule has 0 spiro atoms. The van der Waals surface area contributed by atoms with Crippen molar-refractivity contribution < 1.29 is 38.5 Å². The summed E-state index contributed by atoms with van der Waals surface area (Å²) in [7, 11) is 0. The normalized spacial score (nSPS) is 11.0. The first kappa shape index (κ1) is 30.1. The molecule has 0 saturated carbocycles. The number of rotatable bonds is 12. The topological polar surface area (TPSA) is 116 Å². The van der Waals surface area contributed by atoms with Crippen LogP contribution in [0.3, 0.4) is 0 Å². The SMILES string of the molecule is CCC(C)(C)C(=O)OCCOC(=O)CCC(=O)O.CCC(C)(C)C(=O)OCc1ccccc1. The fourth-order valence-corrected chi connectivity index (χ4v) is 1.97. The van der Waals surface area contributed by atoms with E-state index in [0.717, 1.165) is 12.0 Å². The molecular formula is C25H38O8. The lowest BCUT2D eigenvalue weighted by molar-refractivity contribution is -0.159. The van der Waals surface area contributed by atoms with Crippen molar-refractivity contribution in [2.24, 2.45) is 10.8 Å². The lowest BCUT2D eigenvalue weighted by atomic mass is 9.91. The van der Waals surface area contributed by atoms with Crippen molar-refractivity contribution in [1.82, 2.24) is 0 Å². The van der Waals surface area contributed by atoms with Crippen LogP contribution in [-0.4, -0.2) is 42.2 Å². The zero-order chi connectivity index (χ0) is 25.5. The van der Waals surface area contributed by atoms with Crippen LogP contribution in [0.15, 0.2) is 30.3 Å². The van der Waals surface area contributed by atoms with E-state index < -0.39 is 17.4 Å². The number of esters is 3. The minimum atomic E-state index is -1.05. The molecule has 0 saturated heterocycles. The van der Waals surface area contributed by atoms with Crippen molar-refractivity contribution in [3.8, 4) is 0 Å². The summed E-state index contributed by atoms with van der Waals surface area (Å²) in [6, 6.07) is 9.72. The van der Waals surface area contributed by atoms with Crippen molar-refractivity contribution >= 4 is 23.9 Å². The third-order valence-electron chi connectivity index (χ3n) is 5.21. The number of hydrogen-bond donors (Lipinski definition) is 1. The van der Waals surface area contributed by atoms with Gasteiger partial charge in [-0.05, 0) is 46.1 Å². The van der Waals surface area contributed by atoms with E-state index in [1.807, 2.05) is 58.0 Å². The Labute approximate surface area is 196 Å². The number of ether oxygens (including phenoxy) is 3. The van der Waals surface area contributed by atoms with Crippen LogP contribution in [0.5, 0.6) is 0 Å². The third-order valence-corrected chi connectivity index (χ3v) is 5.21. The van der Waals surface area contributed by atoms with E-state index in [2.05, 4.69) is 0 Å². The number of carbonyl (C=O) groups is 4. The lowest BCUT2D eigenvalue weighted by Crippen LogP contribution is -2.27. The molecule has 0 aromatic heterocycles. The molecule has 0 heterocycles. The molecule has 0 aliphatic rings. The number of carboxylic acids is 1. The Balaban J connectivity index is 0.000000629. The second-order valence-electron chi connectivity index (χ2n) is 8.79. The lowest BCUT2D eigenvalue weighted by Gasteiger charge is -2.20. The summed E-state index contributed by atoms with van der Waals surface area (Å²) in [5.41, 5.74) is 0.0972. The molecule has 0 amide bonds. The molecule has 1 aromatic carbocycles. The van der Waals surface area contributed by atoms with Gasteiger partial charge in [-0.3, -0.25) is 19.2 Å². The Bertz CT molecular complexity index is 753. The van der Waals surface area contributed by atoms with Crippen LogP contribution in [0.25, 0.3) is 0 Å². The molecule has 0 unspecified atom stereocenters. The van der Waals surface area contributed by atoms with Gasteiger partial charge in [-0.15, -0.1) is 0 Å². The molecule has 1 N–H and O–H groups in total. The van der Waals surface area contributed by atoms with Gasteiger partial charge in [0.25, 0.3) is 0 Å². The largest absolute Gasteiger partial charge is 0.481 e. The molecule has 8 nitrogen and oxygen atoms in total. The van der Waals surface area contributed by atoms with Crippen molar-refractivity contribution in [1.29, 1.82) is 0 Å². The van der Waals surface area contributed by atoms with Gasteiger partial charge in [0.15, 0.2) is 0 Å². The molecule has 0 aliphatic heterocycles. The third kappa shape index (κ3) is 13.3. The zero-order valence-corrected chi connectivity index (χ0v) is 20.6. The second kappa shape index (κ2) is 15.0. The summed E-state index contributed by atoms with van der Waals surface area (Å²) in [4.78, 5) is 44.4. The molecule has 0 radical (unpaired) electrons. The summed E-state index contributed by atoms with van der Waals surface area (Å²) in [6.07, 6.45) is 1.01. The van der Waals surface area contributed by atoms with Gasteiger partial charge in [0.2, 0.25) is 0 Å². The zero-order valence-electron chi connectivity index (χ0n) is 20.6. The van der Waals surface area contributed by atoms with Crippen molar-refractivity contribution in [3.63, 3.8) is 0 Å². The summed E-state index contributed by atoms with van der Waals surface area (Å²) >= 11 is 0. The molecule has 0 atom stereocenters. The fraction of sp³-hybridized carbons (Fsp3) is 0.600. The first-order valence-electron chi connectivity index (χ1n) is 11.1. The van der Waals surface area contributed by atoms with Gasteiger partial charge in [-0.1, -0.05) is 44.2 Å². The molecular weight excluding hydrogens is 428 g/mol. The van der Waals surface area contributed by atoms with Gasteiger partial charge in [-0.25, -0.2) is 0 Å². The Morgan fingerprint density at radius 3 is 1.73 bits per heavy atom. The highest BCUT2D eigenvalue weighted by Gasteiger charge is 2.27. The summed E-state index contributed by atoms with van der Waals surface area (Å²) < 4.78 is 14.9. The van der Waals surface area contributed by atoms with Gasteiger partial charge in [0.05, 0.1) is 23.7 Å². The van der Waals surface area contributed by atoms with E-state index in [1.165, 1.54) is 0 Å². The van der Waals surface area contributed by atoms with E-state index in [0.29, 0.717) is 13.0 Å². The minimum Gasteiger partial charge on any atom is -0.481 e. The van der Waals surface area contributed by atoms with Gasteiger partial charge < -0.3 is 19.3 Å². The first-order valence-corrected chi connectivity index (χ1v) is 11.1. The Morgan fingerprint density at radius 1 is 0.758 bits per heavy atom. The Hall–Kier alpha value is -2.90. The van der Waals surface area contributed by atoms with Gasteiger partial charge >= 0.3 is 23.9 Å². The minimum absolute atomic E-state index is 0.0128. The van der Waals surface area contributed by atoms with Crippen LogP contribution < -0.4 is 0 Å². The highest BCUT2D eigenvalue weighted by molar-refractivity contribution is 5.77. The van der Waals surface area contributed by atoms with Gasteiger partial charge in [0, 0.05) is 0 Å². The molecule has 33 heavy (non-hydrogen) atoms. The molecule has 0 bridgehead atoms. The van der Waals surface area contributed by atoms with Crippen molar-refractivity contribution in [3.05, 3.63) is 35.9 Å². The highest BCUT2D eigenvalue weighted by atomic mass is 16.6. The average molecular weight is 467 g/mol. The summed E-state index contributed by atoms with van der Waals surface area (Å²) in [6.45, 7) is 11.5.